The molecule has 1 amide bonds. The van der Waals surface area contributed by atoms with Gasteiger partial charge in [0.1, 0.15) is 0 Å². The van der Waals surface area contributed by atoms with Gasteiger partial charge in [0.05, 0.1) is 11.5 Å². The van der Waals surface area contributed by atoms with Gasteiger partial charge in [-0.2, -0.15) is 18.2 Å². The van der Waals surface area contributed by atoms with Gasteiger partial charge in [0.25, 0.3) is 5.91 Å². The summed E-state index contributed by atoms with van der Waals surface area (Å²) >= 11 is 1.61. The monoisotopic (exact) mass is 398 g/mol. The van der Waals surface area contributed by atoms with E-state index in [9.17, 15) is 18.0 Å². The number of halogens is 3. The topological polar surface area (TPSA) is 32.7 Å². The number of rotatable bonds is 3. The van der Waals surface area contributed by atoms with Crippen LogP contribution in [0, 0.1) is 11.3 Å². The summed E-state index contributed by atoms with van der Waals surface area (Å²) in [5, 5.41) is 0.814. The summed E-state index contributed by atoms with van der Waals surface area (Å²) < 4.78 is 38.5. The molecular weight excluding hydrogens is 373 g/mol. The molecule has 0 saturated heterocycles. The summed E-state index contributed by atoms with van der Waals surface area (Å²) in [4.78, 5) is 18.9. The Morgan fingerprint density at radius 2 is 1.93 bits per heavy atom. The Balaban J connectivity index is 1.86. The van der Waals surface area contributed by atoms with E-state index < -0.39 is 11.7 Å². The van der Waals surface area contributed by atoms with E-state index in [1.165, 1.54) is 12.1 Å². The first-order chi connectivity index (χ1) is 12.6. The van der Waals surface area contributed by atoms with Crippen LogP contribution in [-0.2, 0) is 11.0 Å². The minimum absolute atomic E-state index is 0.0569. The molecule has 1 saturated carbocycles. The maximum absolute atomic E-state index is 12.8. The summed E-state index contributed by atoms with van der Waals surface area (Å²) in [6.45, 7) is 6.98. The first-order valence-corrected chi connectivity index (χ1v) is 10.2. The molecule has 1 fully saturated rings. The van der Waals surface area contributed by atoms with Gasteiger partial charge in [-0.05, 0) is 55.4 Å². The predicted molar refractivity (Wildman–Crippen MR) is 104 cm³/mol. The molecule has 1 aliphatic carbocycles. The van der Waals surface area contributed by atoms with Crippen molar-refractivity contribution >= 4 is 28.5 Å². The molecule has 3 nitrogen and oxygen atoms in total. The van der Waals surface area contributed by atoms with Gasteiger partial charge in [-0.1, -0.05) is 32.5 Å². The van der Waals surface area contributed by atoms with Gasteiger partial charge in [-0.3, -0.25) is 4.79 Å². The Kier molecular flexibility index (Phi) is 5.62. The van der Waals surface area contributed by atoms with Crippen LogP contribution in [0.25, 0.3) is 0 Å². The number of hydrogen-bond donors (Lipinski definition) is 0. The third-order valence-corrected chi connectivity index (χ3v) is 6.68. The van der Waals surface area contributed by atoms with Gasteiger partial charge in [0, 0.05) is 17.5 Å². The Morgan fingerprint density at radius 3 is 2.52 bits per heavy atom. The van der Waals surface area contributed by atoms with E-state index in [2.05, 4.69) is 18.8 Å². The predicted octanol–water partition coefficient (Wildman–Crippen LogP) is 5.75. The summed E-state index contributed by atoms with van der Waals surface area (Å²) in [5.41, 5.74) is 0.117. The van der Waals surface area contributed by atoms with Crippen LogP contribution in [0.2, 0.25) is 0 Å². The third-order valence-electron chi connectivity index (χ3n) is 5.29. The molecule has 0 N–H and O–H groups in total. The van der Waals surface area contributed by atoms with E-state index in [4.69, 9.17) is 0 Å². The first-order valence-electron chi connectivity index (χ1n) is 9.35. The molecule has 7 heteroatoms. The second kappa shape index (κ2) is 7.49. The average molecular weight is 398 g/mol. The van der Waals surface area contributed by atoms with Crippen molar-refractivity contribution in [3.05, 3.63) is 29.8 Å². The lowest BCUT2D eigenvalue weighted by Crippen LogP contribution is -2.43. The highest BCUT2D eigenvalue weighted by atomic mass is 32.2. The van der Waals surface area contributed by atoms with Crippen molar-refractivity contribution in [1.82, 2.24) is 0 Å². The van der Waals surface area contributed by atoms with Gasteiger partial charge in [-0.25, -0.2) is 0 Å². The summed E-state index contributed by atoms with van der Waals surface area (Å²) in [7, 11) is 0. The number of thioether (sulfide) groups is 1. The number of nitrogens with zero attached hydrogens (tertiary/aromatic N) is 2. The van der Waals surface area contributed by atoms with Crippen LogP contribution >= 0.6 is 11.8 Å². The summed E-state index contributed by atoms with van der Waals surface area (Å²) in [6.07, 6.45) is -0.691. The number of hydrogen-bond acceptors (Lipinski definition) is 3. The van der Waals surface area contributed by atoms with Gasteiger partial charge < -0.3 is 4.90 Å². The van der Waals surface area contributed by atoms with Gasteiger partial charge in [-0.15, -0.1) is 0 Å². The van der Waals surface area contributed by atoms with Crippen LogP contribution in [0.3, 0.4) is 0 Å². The minimum atomic E-state index is -4.36. The van der Waals surface area contributed by atoms with E-state index in [-0.39, 0.29) is 22.5 Å². The Bertz CT molecular complexity index is 728. The van der Waals surface area contributed by atoms with Crippen LogP contribution in [0.1, 0.15) is 52.0 Å². The molecule has 3 rings (SSSR count). The zero-order chi connectivity index (χ0) is 19.8. The van der Waals surface area contributed by atoms with E-state index in [0.717, 1.165) is 37.8 Å². The Morgan fingerprint density at radius 1 is 1.26 bits per heavy atom. The first kappa shape index (κ1) is 20.2. The summed E-state index contributed by atoms with van der Waals surface area (Å²) in [5.74, 6) is -0.145. The molecule has 148 valence electrons. The maximum Gasteiger partial charge on any atom is 0.416 e. The number of aliphatic imine (C=N–C) groups is 1. The molecule has 0 aromatic heterocycles. The lowest BCUT2D eigenvalue weighted by atomic mass is 9.71. The number of benzene rings is 1. The number of alkyl halides is 3. The highest BCUT2D eigenvalue weighted by Crippen LogP contribution is 2.46. The van der Waals surface area contributed by atoms with Crippen LogP contribution in [0.4, 0.5) is 18.9 Å². The fraction of sp³-hybridized carbons (Fsp3) is 0.600. The van der Waals surface area contributed by atoms with Gasteiger partial charge in [0.15, 0.2) is 5.17 Å². The van der Waals surface area contributed by atoms with Crippen molar-refractivity contribution in [3.63, 3.8) is 0 Å². The van der Waals surface area contributed by atoms with E-state index in [0.29, 0.717) is 17.4 Å². The second-order valence-corrected chi connectivity index (χ2v) is 9.31. The largest absolute Gasteiger partial charge is 0.416 e. The number of fused-ring (bicyclic) bond motifs is 1. The minimum Gasteiger partial charge on any atom is -0.321 e. The van der Waals surface area contributed by atoms with Crippen LogP contribution in [0.15, 0.2) is 29.3 Å². The summed E-state index contributed by atoms with van der Waals surface area (Å²) in [6, 6.07) is 5.09. The standard InChI is InChI=1S/C20H25F3N2OS/c1-4-11-25(14-7-5-13(6-8-14)20(21,22)23)18-24-17(26)15-12-19(2,3)10-9-16(15)27-18/h5-8,15-16H,4,9-12H2,1-3H3. The van der Waals surface area contributed by atoms with E-state index >= 15 is 0 Å². The number of amidine groups is 1. The molecule has 27 heavy (non-hydrogen) atoms. The fourth-order valence-electron chi connectivity index (χ4n) is 3.80. The molecule has 2 atom stereocenters. The van der Waals surface area contributed by atoms with Crippen molar-refractivity contribution in [2.45, 2.75) is 57.9 Å². The molecule has 2 unspecified atom stereocenters. The molecule has 2 aliphatic rings. The Labute approximate surface area is 162 Å². The second-order valence-electron chi connectivity index (χ2n) is 8.10. The number of amides is 1. The molecule has 0 bridgehead atoms. The SMILES string of the molecule is CCCN(C1=NC(=O)C2CC(C)(C)CCC2S1)c1ccc(C(F)(F)F)cc1. The molecule has 1 aromatic rings. The van der Waals surface area contributed by atoms with Crippen LogP contribution < -0.4 is 4.90 Å². The van der Waals surface area contributed by atoms with Gasteiger partial charge in [0.2, 0.25) is 0 Å². The molecular formula is C20H25F3N2OS. The zero-order valence-corrected chi connectivity index (χ0v) is 16.7. The lowest BCUT2D eigenvalue weighted by Gasteiger charge is -2.42. The highest BCUT2D eigenvalue weighted by molar-refractivity contribution is 8.14. The molecule has 1 aliphatic heterocycles. The zero-order valence-electron chi connectivity index (χ0n) is 15.8. The van der Waals surface area contributed by atoms with Gasteiger partial charge >= 0.3 is 6.18 Å². The van der Waals surface area contributed by atoms with Crippen molar-refractivity contribution < 1.29 is 18.0 Å². The normalized spacial score (nSPS) is 25.0. The van der Waals surface area contributed by atoms with E-state index in [1.54, 1.807) is 11.8 Å². The number of carbonyl (C=O) groups is 1. The Hall–Kier alpha value is -1.50. The van der Waals surface area contributed by atoms with Crippen molar-refractivity contribution in [2.75, 3.05) is 11.4 Å². The average Bonchev–Trinajstić information content (AvgIpc) is 2.59. The maximum atomic E-state index is 12.8. The third kappa shape index (κ3) is 4.50. The lowest BCUT2D eigenvalue weighted by molar-refractivity contribution is -0.137. The highest BCUT2D eigenvalue weighted by Gasteiger charge is 2.43. The fourth-order valence-corrected chi connectivity index (χ4v) is 5.15. The molecule has 1 heterocycles. The number of carbonyl (C=O) groups excluding carboxylic acids is 1. The molecule has 0 spiro atoms. The van der Waals surface area contributed by atoms with Crippen molar-refractivity contribution in [3.8, 4) is 0 Å². The van der Waals surface area contributed by atoms with E-state index in [1.807, 2.05) is 11.8 Å². The van der Waals surface area contributed by atoms with Crippen molar-refractivity contribution in [2.24, 2.45) is 16.3 Å². The molecule has 0 radical (unpaired) electrons. The number of anilines is 1. The van der Waals surface area contributed by atoms with Crippen molar-refractivity contribution in [1.29, 1.82) is 0 Å². The quantitative estimate of drug-likeness (QED) is 0.650. The smallest absolute Gasteiger partial charge is 0.321 e. The molecule has 1 aromatic carbocycles. The van der Waals surface area contributed by atoms with Crippen LogP contribution in [0.5, 0.6) is 0 Å². The van der Waals surface area contributed by atoms with Crippen LogP contribution in [-0.4, -0.2) is 22.9 Å².